The van der Waals surface area contributed by atoms with E-state index in [1.165, 1.54) is 0 Å². The van der Waals surface area contributed by atoms with Gasteiger partial charge < -0.3 is 4.74 Å². The van der Waals surface area contributed by atoms with Crippen LogP contribution in [-0.2, 0) is 11.2 Å². The topological polar surface area (TPSA) is 26.3 Å². The molecule has 2 rings (SSSR count). The van der Waals surface area contributed by atoms with Crippen LogP contribution in [0.1, 0.15) is 12.5 Å². The molecule has 0 fully saturated rings. The molecule has 19 heavy (non-hydrogen) atoms. The van der Waals surface area contributed by atoms with Gasteiger partial charge in [-0.3, -0.25) is 4.79 Å². The monoisotopic (exact) mass is 294 g/mol. The van der Waals surface area contributed by atoms with Gasteiger partial charge in [-0.2, -0.15) is 0 Å². The molecule has 0 atom stereocenters. The summed E-state index contributed by atoms with van der Waals surface area (Å²) in [6, 6.07) is 12.4. The summed E-state index contributed by atoms with van der Waals surface area (Å²) in [6.07, 6.45) is 0.357. The molecule has 0 aliphatic carbocycles. The van der Waals surface area contributed by atoms with Gasteiger partial charge in [0.05, 0.1) is 10.0 Å². The lowest BCUT2D eigenvalue weighted by Gasteiger charge is -2.10. The molecule has 0 aliphatic heterocycles. The molecule has 0 aromatic heterocycles. The predicted molar refractivity (Wildman–Crippen MR) is 77.4 cm³/mol. The van der Waals surface area contributed by atoms with Crippen molar-refractivity contribution in [1.29, 1.82) is 0 Å². The molecule has 0 bridgehead atoms. The molecule has 2 nitrogen and oxygen atoms in total. The van der Waals surface area contributed by atoms with Crippen molar-refractivity contribution in [3.05, 3.63) is 58.1 Å². The van der Waals surface area contributed by atoms with Gasteiger partial charge in [-0.05, 0) is 36.8 Å². The third-order valence-electron chi connectivity index (χ3n) is 2.51. The first-order chi connectivity index (χ1) is 9.06. The van der Waals surface area contributed by atoms with Crippen LogP contribution in [-0.4, -0.2) is 5.78 Å². The summed E-state index contributed by atoms with van der Waals surface area (Å²) < 4.78 is 5.69. The van der Waals surface area contributed by atoms with Gasteiger partial charge in [-0.15, -0.1) is 0 Å². The van der Waals surface area contributed by atoms with Crippen LogP contribution in [0.2, 0.25) is 10.0 Å². The molecule has 0 N–H and O–H groups in total. The molecule has 0 heterocycles. The maximum atomic E-state index is 11.1. The van der Waals surface area contributed by atoms with Gasteiger partial charge in [-0.1, -0.05) is 41.4 Å². The van der Waals surface area contributed by atoms with Gasteiger partial charge in [0, 0.05) is 6.42 Å². The van der Waals surface area contributed by atoms with Crippen molar-refractivity contribution >= 4 is 29.0 Å². The number of hydrogen-bond donors (Lipinski definition) is 0. The summed E-state index contributed by atoms with van der Waals surface area (Å²) in [5, 5.41) is 0.989. The van der Waals surface area contributed by atoms with Crippen LogP contribution >= 0.6 is 23.2 Å². The summed E-state index contributed by atoms with van der Waals surface area (Å²) >= 11 is 12.1. The van der Waals surface area contributed by atoms with Crippen LogP contribution in [0.4, 0.5) is 0 Å². The zero-order valence-electron chi connectivity index (χ0n) is 10.3. The maximum absolute atomic E-state index is 11.1. The van der Waals surface area contributed by atoms with Gasteiger partial charge in [0.1, 0.15) is 17.3 Å². The standard InChI is InChI=1S/C15H12Cl2O2/c1-10(18)8-11-6-7-13(17)15(9-11)19-14-5-3-2-4-12(14)16/h2-7,9H,8H2,1H3. The highest BCUT2D eigenvalue weighted by atomic mass is 35.5. The Labute approximate surface area is 121 Å². The number of benzene rings is 2. The Kier molecular flexibility index (Phi) is 4.46. The Morgan fingerprint density at radius 2 is 1.74 bits per heavy atom. The Morgan fingerprint density at radius 1 is 1.05 bits per heavy atom. The minimum absolute atomic E-state index is 0.0889. The van der Waals surface area contributed by atoms with E-state index in [1.54, 1.807) is 31.2 Å². The fourth-order valence-corrected chi connectivity index (χ4v) is 2.00. The van der Waals surface area contributed by atoms with Crippen LogP contribution in [0.5, 0.6) is 11.5 Å². The molecule has 2 aromatic rings. The van der Waals surface area contributed by atoms with E-state index in [2.05, 4.69) is 0 Å². The van der Waals surface area contributed by atoms with Gasteiger partial charge >= 0.3 is 0 Å². The lowest BCUT2D eigenvalue weighted by atomic mass is 10.1. The van der Waals surface area contributed by atoms with E-state index in [0.717, 1.165) is 5.56 Å². The van der Waals surface area contributed by atoms with E-state index >= 15 is 0 Å². The highest BCUT2D eigenvalue weighted by Gasteiger charge is 2.08. The van der Waals surface area contributed by atoms with E-state index in [4.69, 9.17) is 27.9 Å². The first kappa shape index (κ1) is 13.9. The minimum atomic E-state index is 0.0889. The molecule has 0 unspecified atom stereocenters. The second kappa shape index (κ2) is 6.09. The number of halogens is 2. The lowest BCUT2D eigenvalue weighted by Crippen LogP contribution is -1.97. The van der Waals surface area contributed by atoms with E-state index in [1.807, 2.05) is 18.2 Å². The molecule has 0 spiro atoms. The number of Topliss-reactive ketones (excluding diaryl/α,β-unsaturated/α-hetero) is 1. The number of rotatable bonds is 4. The van der Waals surface area contributed by atoms with Crippen LogP contribution in [0.25, 0.3) is 0 Å². The van der Waals surface area contributed by atoms with Crippen molar-refractivity contribution in [2.24, 2.45) is 0 Å². The maximum Gasteiger partial charge on any atom is 0.146 e. The molecular weight excluding hydrogens is 283 g/mol. The smallest absolute Gasteiger partial charge is 0.146 e. The van der Waals surface area contributed by atoms with Gasteiger partial charge in [0.2, 0.25) is 0 Å². The van der Waals surface area contributed by atoms with Gasteiger partial charge in [0.25, 0.3) is 0 Å². The summed E-state index contributed by atoms with van der Waals surface area (Å²) in [5.74, 6) is 1.12. The molecule has 0 amide bonds. The van der Waals surface area contributed by atoms with Crippen molar-refractivity contribution in [3.8, 4) is 11.5 Å². The summed E-state index contributed by atoms with van der Waals surface area (Å²) in [5.41, 5.74) is 0.860. The second-order valence-corrected chi connectivity index (χ2v) is 4.99. The number of hydrogen-bond acceptors (Lipinski definition) is 2. The first-order valence-electron chi connectivity index (χ1n) is 5.76. The largest absolute Gasteiger partial charge is 0.454 e. The average Bonchev–Trinajstić information content (AvgIpc) is 2.35. The van der Waals surface area contributed by atoms with Crippen LogP contribution in [0.15, 0.2) is 42.5 Å². The SMILES string of the molecule is CC(=O)Cc1ccc(Cl)c(Oc2ccccc2Cl)c1. The molecule has 2 aromatic carbocycles. The van der Waals surface area contributed by atoms with E-state index in [0.29, 0.717) is 28.0 Å². The summed E-state index contributed by atoms with van der Waals surface area (Å²) in [7, 11) is 0. The van der Waals surface area contributed by atoms with E-state index in [9.17, 15) is 4.79 Å². The summed E-state index contributed by atoms with van der Waals surface area (Å²) in [4.78, 5) is 11.1. The molecular formula is C15H12Cl2O2. The quantitative estimate of drug-likeness (QED) is 0.800. The Morgan fingerprint density at radius 3 is 2.42 bits per heavy atom. The number of ketones is 1. The van der Waals surface area contributed by atoms with Crippen molar-refractivity contribution in [2.45, 2.75) is 13.3 Å². The third kappa shape index (κ3) is 3.72. The van der Waals surface area contributed by atoms with Crippen LogP contribution in [0.3, 0.4) is 0 Å². The number of carbonyl (C=O) groups excluding carboxylic acids is 1. The van der Waals surface area contributed by atoms with Crippen LogP contribution in [0, 0.1) is 0 Å². The van der Waals surface area contributed by atoms with E-state index in [-0.39, 0.29) is 5.78 Å². The summed E-state index contributed by atoms with van der Waals surface area (Å²) in [6.45, 7) is 1.54. The van der Waals surface area contributed by atoms with Gasteiger partial charge in [0.15, 0.2) is 0 Å². The van der Waals surface area contributed by atoms with Crippen molar-refractivity contribution in [2.75, 3.05) is 0 Å². The molecule has 0 aliphatic rings. The first-order valence-corrected chi connectivity index (χ1v) is 6.52. The highest BCUT2D eigenvalue weighted by molar-refractivity contribution is 6.32. The molecule has 98 valence electrons. The number of carbonyl (C=O) groups is 1. The molecule has 0 saturated carbocycles. The number of para-hydroxylation sites is 1. The fourth-order valence-electron chi connectivity index (χ4n) is 1.67. The van der Waals surface area contributed by atoms with Crippen molar-refractivity contribution < 1.29 is 9.53 Å². The average molecular weight is 295 g/mol. The Bertz CT molecular complexity index is 609. The normalized spacial score (nSPS) is 10.3. The lowest BCUT2D eigenvalue weighted by molar-refractivity contribution is -0.116. The molecule has 0 saturated heterocycles. The predicted octanol–water partition coefficient (Wildman–Crippen LogP) is 4.92. The Hall–Kier alpha value is -1.51. The van der Waals surface area contributed by atoms with Crippen molar-refractivity contribution in [1.82, 2.24) is 0 Å². The van der Waals surface area contributed by atoms with Crippen LogP contribution < -0.4 is 4.74 Å². The Balaban J connectivity index is 2.29. The fraction of sp³-hybridized carbons (Fsp3) is 0.133. The second-order valence-electron chi connectivity index (χ2n) is 4.18. The van der Waals surface area contributed by atoms with Crippen molar-refractivity contribution in [3.63, 3.8) is 0 Å². The number of ether oxygens (including phenoxy) is 1. The highest BCUT2D eigenvalue weighted by Crippen LogP contribution is 2.34. The van der Waals surface area contributed by atoms with E-state index < -0.39 is 0 Å². The zero-order chi connectivity index (χ0) is 13.8. The molecule has 0 radical (unpaired) electrons. The minimum Gasteiger partial charge on any atom is -0.454 e. The third-order valence-corrected chi connectivity index (χ3v) is 3.13. The molecule has 4 heteroatoms. The zero-order valence-corrected chi connectivity index (χ0v) is 11.8. The van der Waals surface area contributed by atoms with Gasteiger partial charge in [-0.25, -0.2) is 0 Å².